The van der Waals surface area contributed by atoms with Gasteiger partial charge in [-0.1, -0.05) is 35.9 Å². The quantitative estimate of drug-likeness (QED) is 0.715. The Balaban J connectivity index is 1.31. The Bertz CT molecular complexity index is 934. The van der Waals surface area contributed by atoms with E-state index in [0.29, 0.717) is 19.8 Å². The van der Waals surface area contributed by atoms with Crippen molar-refractivity contribution in [1.29, 1.82) is 0 Å². The lowest BCUT2D eigenvalue weighted by Gasteiger charge is -2.30. The molecule has 6 heteroatoms. The fourth-order valence-corrected chi connectivity index (χ4v) is 5.32. The average molecular weight is 427 g/mol. The van der Waals surface area contributed by atoms with Gasteiger partial charge in [0.15, 0.2) is 11.5 Å². The Hall–Kier alpha value is -2.24. The average Bonchev–Trinajstić information content (AvgIpc) is 3.43. The van der Waals surface area contributed by atoms with Crippen molar-refractivity contribution in [2.24, 2.45) is 0 Å². The summed E-state index contributed by atoms with van der Waals surface area (Å²) in [5.41, 5.74) is 2.27. The number of likely N-dealkylation sites (tertiary alicyclic amines) is 2. The van der Waals surface area contributed by atoms with Crippen LogP contribution in [0.2, 0.25) is 5.02 Å². The highest BCUT2D eigenvalue weighted by atomic mass is 35.5. The lowest BCUT2D eigenvalue weighted by atomic mass is 10.0. The molecule has 3 aliphatic heterocycles. The monoisotopic (exact) mass is 426 g/mol. The van der Waals surface area contributed by atoms with Gasteiger partial charge in [0, 0.05) is 17.6 Å². The zero-order chi connectivity index (χ0) is 20.5. The van der Waals surface area contributed by atoms with Gasteiger partial charge in [0.2, 0.25) is 5.91 Å². The van der Waals surface area contributed by atoms with Crippen LogP contribution in [0.5, 0.6) is 11.5 Å². The summed E-state index contributed by atoms with van der Waals surface area (Å²) in [5, 5.41) is 0.789. The molecular formula is C24H27ClN2O3. The minimum Gasteiger partial charge on any atom is -0.486 e. The molecule has 0 radical (unpaired) electrons. The number of hydrogen-bond donors (Lipinski definition) is 0. The summed E-state index contributed by atoms with van der Waals surface area (Å²) in [5.74, 6) is 1.78. The second-order valence-corrected chi connectivity index (χ2v) is 8.71. The number of carbonyl (C=O) groups is 1. The first-order valence-electron chi connectivity index (χ1n) is 10.9. The first kappa shape index (κ1) is 19.7. The van der Waals surface area contributed by atoms with Crippen LogP contribution in [0.4, 0.5) is 0 Å². The van der Waals surface area contributed by atoms with E-state index < -0.39 is 0 Å². The Labute approximate surface area is 182 Å². The Morgan fingerprint density at radius 2 is 1.73 bits per heavy atom. The van der Waals surface area contributed by atoms with Crippen LogP contribution in [0.1, 0.15) is 48.9 Å². The summed E-state index contributed by atoms with van der Waals surface area (Å²) >= 11 is 6.45. The molecule has 5 nitrogen and oxygen atoms in total. The number of halogens is 1. The molecule has 0 aliphatic carbocycles. The third kappa shape index (κ3) is 3.77. The highest BCUT2D eigenvalue weighted by Gasteiger charge is 2.34. The minimum atomic E-state index is 0.106. The maximum absolute atomic E-state index is 13.3. The van der Waals surface area contributed by atoms with E-state index in [9.17, 15) is 4.79 Å². The predicted octanol–water partition coefficient (Wildman–Crippen LogP) is 4.61. The first-order valence-corrected chi connectivity index (χ1v) is 11.3. The molecule has 0 bridgehead atoms. The molecule has 2 fully saturated rings. The van der Waals surface area contributed by atoms with E-state index in [1.165, 1.54) is 0 Å². The maximum atomic E-state index is 13.3. The zero-order valence-electron chi connectivity index (χ0n) is 17.1. The number of ether oxygens (including phenoxy) is 2. The number of nitrogens with zero attached hydrogens (tertiary/aromatic N) is 2. The number of rotatable bonds is 4. The summed E-state index contributed by atoms with van der Waals surface area (Å²) in [6.07, 6.45) is 4.15. The number of benzene rings is 2. The Kier molecular flexibility index (Phi) is 5.57. The van der Waals surface area contributed by atoms with Crippen molar-refractivity contribution in [2.75, 3.05) is 32.8 Å². The highest BCUT2D eigenvalue weighted by molar-refractivity contribution is 6.31. The van der Waals surface area contributed by atoms with Gasteiger partial charge in [-0.25, -0.2) is 0 Å². The van der Waals surface area contributed by atoms with E-state index in [1.807, 2.05) is 35.2 Å². The molecule has 30 heavy (non-hydrogen) atoms. The number of hydrogen-bond acceptors (Lipinski definition) is 4. The van der Waals surface area contributed by atoms with Crippen molar-refractivity contribution in [3.05, 3.63) is 58.6 Å². The fraction of sp³-hybridized carbons (Fsp3) is 0.458. The maximum Gasteiger partial charge on any atom is 0.237 e. The van der Waals surface area contributed by atoms with E-state index in [4.69, 9.17) is 21.1 Å². The molecule has 2 atom stereocenters. The van der Waals surface area contributed by atoms with Gasteiger partial charge in [-0.3, -0.25) is 9.69 Å². The van der Waals surface area contributed by atoms with Crippen LogP contribution in [0.25, 0.3) is 0 Å². The zero-order valence-corrected chi connectivity index (χ0v) is 17.8. The lowest BCUT2D eigenvalue weighted by molar-refractivity contribution is -0.133. The van der Waals surface area contributed by atoms with Gasteiger partial charge in [0.25, 0.3) is 0 Å². The second kappa shape index (κ2) is 8.48. The van der Waals surface area contributed by atoms with Gasteiger partial charge in [-0.2, -0.15) is 0 Å². The highest BCUT2D eigenvalue weighted by Crippen LogP contribution is 2.39. The second-order valence-electron chi connectivity index (χ2n) is 8.30. The number of fused-ring (bicyclic) bond motifs is 1. The normalized spacial score (nSPS) is 23.7. The molecule has 2 aromatic carbocycles. The SMILES string of the molecule is O=C(CN1CCCC1c1ccccc1Cl)N1CCCC1c1ccc2c(c1)OCCO2. The minimum absolute atomic E-state index is 0.106. The number of carbonyl (C=O) groups excluding carboxylic acids is 1. The Morgan fingerprint density at radius 1 is 0.967 bits per heavy atom. The fourth-order valence-electron chi connectivity index (χ4n) is 5.06. The van der Waals surface area contributed by atoms with E-state index in [1.54, 1.807) is 0 Å². The van der Waals surface area contributed by atoms with Gasteiger partial charge < -0.3 is 14.4 Å². The van der Waals surface area contributed by atoms with Crippen molar-refractivity contribution in [1.82, 2.24) is 9.80 Å². The van der Waals surface area contributed by atoms with Gasteiger partial charge >= 0.3 is 0 Å². The molecular weight excluding hydrogens is 400 g/mol. The molecule has 0 aromatic heterocycles. The molecule has 2 aromatic rings. The van der Waals surface area contributed by atoms with E-state index in [0.717, 1.165) is 66.4 Å². The molecule has 1 amide bonds. The number of amides is 1. The van der Waals surface area contributed by atoms with Crippen LogP contribution in [0.15, 0.2) is 42.5 Å². The van der Waals surface area contributed by atoms with E-state index in [-0.39, 0.29) is 18.0 Å². The van der Waals surface area contributed by atoms with Gasteiger partial charge in [-0.15, -0.1) is 0 Å². The summed E-state index contributed by atoms with van der Waals surface area (Å²) < 4.78 is 11.4. The van der Waals surface area contributed by atoms with Crippen LogP contribution in [0.3, 0.4) is 0 Å². The molecule has 5 rings (SSSR count). The van der Waals surface area contributed by atoms with Gasteiger partial charge in [-0.05, 0) is 61.6 Å². The third-order valence-electron chi connectivity index (χ3n) is 6.49. The van der Waals surface area contributed by atoms with Crippen LogP contribution < -0.4 is 9.47 Å². The van der Waals surface area contributed by atoms with Crippen molar-refractivity contribution >= 4 is 17.5 Å². The van der Waals surface area contributed by atoms with E-state index >= 15 is 0 Å². The molecule has 2 unspecified atom stereocenters. The largest absolute Gasteiger partial charge is 0.486 e. The summed E-state index contributed by atoms with van der Waals surface area (Å²) in [7, 11) is 0. The molecule has 158 valence electrons. The third-order valence-corrected chi connectivity index (χ3v) is 6.83. The summed E-state index contributed by atoms with van der Waals surface area (Å²) in [4.78, 5) is 17.7. The molecule has 2 saturated heterocycles. The van der Waals surface area contributed by atoms with Crippen molar-refractivity contribution in [2.45, 2.75) is 37.8 Å². The molecule has 3 aliphatic rings. The van der Waals surface area contributed by atoms with Gasteiger partial charge in [0.1, 0.15) is 13.2 Å². The van der Waals surface area contributed by atoms with Crippen LogP contribution in [0, 0.1) is 0 Å². The smallest absolute Gasteiger partial charge is 0.237 e. The van der Waals surface area contributed by atoms with Crippen molar-refractivity contribution in [3.8, 4) is 11.5 Å². The molecule has 0 saturated carbocycles. The van der Waals surface area contributed by atoms with Crippen LogP contribution in [-0.4, -0.2) is 48.6 Å². The first-order chi connectivity index (χ1) is 14.7. The Morgan fingerprint density at radius 3 is 2.60 bits per heavy atom. The summed E-state index contributed by atoms with van der Waals surface area (Å²) in [6.45, 7) is 3.34. The molecule has 0 N–H and O–H groups in total. The van der Waals surface area contributed by atoms with E-state index in [2.05, 4.69) is 17.0 Å². The van der Waals surface area contributed by atoms with Crippen molar-refractivity contribution < 1.29 is 14.3 Å². The van der Waals surface area contributed by atoms with Crippen molar-refractivity contribution in [3.63, 3.8) is 0 Å². The standard InChI is InChI=1S/C24H27ClN2O3/c25-19-6-2-1-5-18(19)21-8-3-11-26(21)16-24(28)27-12-4-7-20(27)17-9-10-22-23(15-17)30-14-13-29-22/h1-2,5-6,9-10,15,20-21H,3-4,7-8,11-14,16H2. The summed E-state index contributed by atoms with van der Waals surface area (Å²) in [6, 6.07) is 14.4. The van der Waals surface area contributed by atoms with Crippen LogP contribution in [-0.2, 0) is 4.79 Å². The van der Waals surface area contributed by atoms with Gasteiger partial charge in [0.05, 0.1) is 12.6 Å². The lowest BCUT2D eigenvalue weighted by Crippen LogP contribution is -2.40. The molecule has 0 spiro atoms. The molecule has 3 heterocycles. The topological polar surface area (TPSA) is 42.0 Å². The van der Waals surface area contributed by atoms with Crippen LogP contribution >= 0.6 is 11.6 Å². The predicted molar refractivity (Wildman–Crippen MR) is 116 cm³/mol.